The third-order valence-corrected chi connectivity index (χ3v) is 7.94. The molecule has 6 nitrogen and oxygen atoms in total. The van der Waals surface area contributed by atoms with Crippen LogP contribution < -0.4 is 10.1 Å². The highest BCUT2D eigenvalue weighted by molar-refractivity contribution is 14.1. The Morgan fingerprint density at radius 1 is 1.06 bits per heavy atom. The first kappa shape index (κ1) is 26.3. The van der Waals surface area contributed by atoms with Crippen LogP contribution >= 0.6 is 80.1 Å². The molecule has 3 aromatic carbocycles. The summed E-state index contributed by atoms with van der Waals surface area (Å²) in [5.74, 6) is -0.474. The minimum atomic E-state index is -0.965. The second kappa shape index (κ2) is 11.5. The Bertz CT molecular complexity index is 1370. The van der Waals surface area contributed by atoms with Crippen LogP contribution in [0.2, 0.25) is 10.0 Å². The minimum Gasteiger partial charge on any atom is -0.487 e. The molecule has 11 heteroatoms. The average molecular weight is 751 g/mol. The molecule has 1 fully saturated rings. The van der Waals surface area contributed by atoms with Crippen molar-refractivity contribution in [2.24, 2.45) is 4.99 Å². The molecule has 1 amide bonds. The molecule has 4 rings (SSSR count). The minimum absolute atomic E-state index is 0.231. The number of hydrogen-bond donors (Lipinski definition) is 2. The number of carbonyl (C=O) groups is 2. The van der Waals surface area contributed by atoms with E-state index >= 15 is 0 Å². The van der Waals surface area contributed by atoms with Gasteiger partial charge in [-0.2, -0.15) is 0 Å². The van der Waals surface area contributed by atoms with Crippen molar-refractivity contribution in [1.82, 2.24) is 5.32 Å². The molecule has 35 heavy (non-hydrogen) atoms. The van der Waals surface area contributed by atoms with Crippen molar-refractivity contribution in [3.63, 3.8) is 0 Å². The fourth-order valence-electron chi connectivity index (χ4n) is 3.00. The van der Waals surface area contributed by atoms with Gasteiger partial charge in [0.1, 0.15) is 12.4 Å². The number of rotatable bonds is 6. The van der Waals surface area contributed by atoms with Crippen LogP contribution in [0.3, 0.4) is 0 Å². The number of amidine groups is 1. The molecule has 178 valence electrons. The Morgan fingerprint density at radius 2 is 1.74 bits per heavy atom. The van der Waals surface area contributed by atoms with E-state index in [2.05, 4.69) is 55.5 Å². The van der Waals surface area contributed by atoms with Gasteiger partial charge in [0.15, 0.2) is 5.17 Å². The van der Waals surface area contributed by atoms with Gasteiger partial charge < -0.3 is 15.2 Å². The van der Waals surface area contributed by atoms with Crippen molar-refractivity contribution < 1.29 is 19.4 Å². The van der Waals surface area contributed by atoms with Gasteiger partial charge in [-0.1, -0.05) is 35.3 Å². The number of amides is 1. The Morgan fingerprint density at radius 3 is 2.37 bits per heavy atom. The fourth-order valence-corrected chi connectivity index (χ4v) is 6.27. The summed E-state index contributed by atoms with van der Waals surface area (Å²) in [6, 6.07) is 15.4. The second-order valence-corrected chi connectivity index (χ2v) is 11.4. The highest BCUT2D eigenvalue weighted by Gasteiger charge is 2.24. The summed E-state index contributed by atoms with van der Waals surface area (Å²) in [5, 5.41) is 13.1. The van der Waals surface area contributed by atoms with E-state index in [-0.39, 0.29) is 11.5 Å². The van der Waals surface area contributed by atoms with Gasteiger partial charge >= 0.3 is 5.97 Å². The molecule has 1 aliphatic rings. The zero-order valence-corrected chi connectivity index (χ0v) is 24.2. The van der Waals surface area contributed by atoms with Crippen LogP contribution in [0.5, 0.6) is 5.75 Å². The lowest BCUT2D eigenvalue weighted by molar-refractivity contribution is -0.115. The summed E-state index contributed by atoms with van der Waals surface area (Å²) in [6.07, 6.45) is 1.80. The fraction of sp³-hybridized carbons (Fsp3) is 0.0417. The predicted octanol–water partition coefficient (Wildman–Crippen LogP) is 7.37. The number of carbonyl (C=O) groups excluding carboxylic acids is 1. The number of thioether (sulfide) groups is 1. The topological polar surface area (TPSA) is 88.0 Å². The molecule has 2 N–H and O–H groups in total. The molecule has 1 heterocycles. The molecule has 3 aromatic rings. The van der Waals surface area contributed by atoms with E-state index < -0.39 is 5.97 Å². The zero-order chi connectivity index (χ0) is 25.1. The Hall–Kier alpha value is -1.80. The predicted molar refractivity (Wildman–Crippen MR) is 157 cm³/mol. The molecule has 0 saturated carbocycles. The lowest BCUT2D eigenvalue weighted by atomic mass is 10.1. The maximum atomic E-state index is 12.5. The quantitative estimate of drug-likeness (QED) is 0.203. The van der Waals surface area contributed by atoms with Gasteiger partial charge in [-0.15, -0.1) is 0 Å². The number of aromatic carboxylic acids is 1. The second-order valence-electron chi connectivity index (χ2n) is 7.18. The third kappa shape index (κ3) is 6.70. The van der Waals surface area contributed by atoms with E-state index in [1.165, 1.54) is 11.8 Å². The van der Waals surface area contributed by atoms with Crippen LogP contribution in [0.25, 0.3) is 6.08 Å². The number of hydrogen-bond acceptors (Lipinski definition) is 5. The standard InChI is InChI=1S/C24H14Cl2I2N2O4S/c25-16-6-5-15(10-17(16)26)29-24-30-22(31)20(35-24)9-13-7-18(27)21(19(28)8-13)34-11-12-1-3-14(4-2-12)23(32)33/h1-10H,11H2,(H,32,33)(H,29,30,31)/b20-9-. The smallest absolute Gasteiger partial charge is 0.335 e. The van der Waals surface area contributed by atoms with E-state index in [0.29, 0.717) is 32.4 Å². The number of nitrogens with zero attached hydrogens (tertiary/aromatic N) is 1. The SMILES string of the molecule is O=C1NC(=Nc2ccc(Cl)c(Cl)c2)S/C1=C\c1cc(I)c(OCc2ccc(C(=O)O)cc2)c(I)c1. The molecule has 1 aliphatic heterocycles. The van der Waals surface area contributed by atoms with E-state index in [1.807, 2.05) is 12.1 Å². The summed E-state index contributed by atoms with van der Waals surface area (Å²) in [6.45, 7) is 0.305. The van der Waals surface area contributed by atoms with Crippen LogP contribution in [0, 0.1) is 7.14 Å². The molecule has 0 radical (unpaired) electrons. The number of carboxylic acid groups (broad SMARTS) is 1. The first-order valence-electron chi connectivity index (χ1n) is 9.88. The maximum absolute atomic E-state index is 12.5. The molecule has 0 atom stereocenters. The van der Waals surface area contributed by atoms with E-state index in [1.54, 1.807) is 48.5 Å². The van der Waals surface area contributed by atoms with Gasteiger partial charge in [0.2, 0.25) is 0 Å². The summed E-state index contributed by atoms with van der Waals surface area (Å²) >= 11 is 17.6. The van der Waals surface area contributed by atoms with Gasteiger partial charge in [0, 0.05) is 0 Å². The molecule has 1 saturated heterocycles. The first-order valence-corrected chi connectivity index (χ1v) is 13.6. The number of halogens is 4. The zero-order valence-electron chi connectivity index (χ0n) is 17.5. The normalized spacial score (nSPS) is 15.5. The maximum Gasteiger partial charge on any atom is 0.335 e. The average Bonchev–Trinajstić information content (AvgIpc) is 3.14. The van der Waals surface area contributed by atoms with Gasteiger partial charge in [0.05, 0.1) is 33.3 Å². The molecular weight excluding hydrogens is 737 g/mol. The van der Waals surface area contributed by atoms with Crippen LogP contribution in [0.1, 0.15) is 21.5 Å². The third-order valence-electron chi connectivity index (χ3n) is 4.69. The van der Waals surface area contributed by atoms with Gasteiger partial charge in [-0.3, -0.25) is 4.79 Å². The monoisotopic (exact) mass is 750 g/mol. The molecule has 0 aliphatic carbocycles. The molecule has 0 aromatic heterocycles. The van der Waals surface area contributed by atoms with Crippen LogP contribution in [-0.2, 0) is 11.4 Å². The van der Waals surface area contributed by atoms with Gasteiger partial charge in [0.25, 0.3) is 5.91 Å². The van der Waals surface area contributed by atoms with Crippen LogP contribution in [-0.4, -0.2) is 22.2 Å². The van der Waals surface area contributed by atoms with Crippen LogP contribution in [0.15, 0.2) is 64.5 Å². The number of aliphatic imine (C=N–C) groups is 1. The molecule has 0 bridgehead atoms. The first-order chi connectivity index (χ1) is 16.7. The summed E-state index contributed by atoms with van der Waals surface area (Å²) in [7, 11) is 0. The largest absolute Gasteiger partial charge is 0.487 e. The molecule has 0 spiro atoms. The van der Waals surface area contributed by atoms with Crippen molar-refractivity contribution in [3.8, 4) is 5.75 Å². The van der Waals surface area contributed by atoms with E-state index in [9.17, 15) is 9.59 Å². The molecular formula is C24H14Cl2I2N2O4S. The van der Waals surface area contributed by atoms with Crippen molar-refractivity contribution in [2.75, 3.05) is 0 Å². The Labute approximate surface area is 242 Å². The van der Waals surface area contributed by atoms with Gasteiger partial charge in [-0.05, 0) is 117 Å². The lowest BCUT2D eigenvalue weighted by Gasteiger charge is -2.12. The molecule has 0 unspecified atom stereocenters. The number of carboxylic acids is 1. The highest BCUT2D eigenvalue weighted by Crippen LogP contribution is 2.34. The van der Waals surface area contributed by atoms with Gasteiger partial charge in [-0.25, -0.2) is 9.79 Å². The Balaban J connectivity index is 1.48. The van der Waals surface area contributed by atoms with Crippen molar-refractivity contribution in [2.45, 2.75) is 6.61 Å². The summed E-state index contributed by atoms with van der Waals surface area (Å²) in [5.41, 5.74) is 2.53. The number of nitrogens with one attached hydrogen (secondary N) is 1. The van der Waals surface area contributed by atoms with E-state index in [0.717, 1.165) is 24.0 Å². The Kier molecular flexibility index (Phi) is 8.63. The van der Waals surface area contributed by atoms with Crippen LogP contribution in [0.4, 0.5) is 5.69 Å². The number of ether oxygens (including phenoxy) is 1. The highest BCUT2D eigenvalue weighted by atomic mass is 127. The van der Waals surface area contributed by atoms with Crippen molar-refractivity contribution in [3.05, 3.63) is 93.4 Å². The summed E-state index contributed by atoms with van der Waals surface area (Å²) < 4.78 is 7.77. The number of benzene rings is 3. The van der Waals surface area contributed by atoms with Crippen molar-refractivity contribution in [1.29, 1.82) is 0 Å². The lowest BCUT2D eigenvalue weighted by Crippen LogP contribution is -2.19. The van der Waals surface area contributed by atoms with Crippen molar-refractivity contribution >= 4 is 109 Å². The van der Waals surface area contributed by atoms with E-state index in [4.69, 9.17) is 33.0 Å². The summed E-state index contributed by atoms with van der Waals surface area (Å²) in [4.78, 5) is 28.4.